The van der Waals surface area contributed by atoms with Gasteiger partial charge in [0.25, 0.3) is 0 Å². The van der Waals surface area contributed by atoms with Gasteiger partial charge in [-0.3, -0.25) is 9.55 Å². The Labute approximate surface area is 369 Å². The zero-order valence-corrected chi connectivity index (χ0v) is 36.6. The third-order valence-electron chi connectivity index (χ3n) is 11.1. The van der Waals surface area contributed by atoms with Gasteiger partial charge in [-0.25, -0.2) is 4.98 Å². The molecule has 0 aliphatic rings. The summed E-state index contributed by atoms with van der Waals surface area (Å²) in [6.07, 6.45) is 1.88. The third kappa shape index (κ3) is 7.88. The van der Waals surface area contributed by atoms with Crippen molar-refractivity contribution < 1.29 is 27.5 Å². The van der Waals surface area contributed by atoms with E-state index in [1.165, 1.54) is 11.1 Å². The van der Waals surface area contributed by atoms with E-state index in [2.05, 4.69) is 153 Å². The normalized spacial score (nSPS) is 11.9. The van der Waals surface area contributed by atoms with Gasteiger partial charge in [0.15, 0.2) is 0 Å². The van der Waals surface area contributed by atoms with Crippen LogP contribution in [0.1, 0.15) is 53.0 Å². The molecule has 2 aromatic heterocycles. The van der Waals surface area contributed by atoms with Gasteiger partial charge in [0.1, 0.15) is 11.6 Å². The summed E-state index contributed by atoms with van der Waals surface area (Å²) >= 11 is 0. The van der Waals surface area contributed by atoms with Crippen molar-refractivity contribution >= 4 is 11.0 Å². The molecule has 5 heteroatoms. The molecule has 0 atom stereocenters. The van der Waals surface area contributed by atoms with E-state index in [4.69, 9.17) is 9.97 Å². The summed E-state index contributed by atoms with van der Waals surface area (Å²) in [5.74, 6) is -0.147. The minimum atomic E-state index is -0.895. The van der Waals surface area contributed by atoms with Crippen molar-refractivity contribution in [1.29, 1.82) is 0 Å². The first-order valence-electron chi connectivity index (χ1n) is 20.6. The average Bonchev–Trinajstić information content (AvgIpc) is 3.66. The molecule has 60 heavy (non-hydrogen) atoms. The molecule has 0 fully saturated rings. The Balaban J connectivity index is 0.00000514. The number of aromatic nitrogens is 3. The molecule has 0 aliphatic heterocycles. The Morgan fingerprint density at radius 3 is 1.90 bits per heavy atom. The van der Waals surface area contributed by atoms with E-state index >= 15 is 0 Å². The SMILES string of the molecule is [2H]C(C)(C)c1cc(-n2c(-c3ccccc3O)nc3c(-c4[c-]c(-c5cc(-c6ccc(-c7ccccc7)cc6)ccn5)cc(C(C)(C)C)c4)cccc32)ccc1-c1ccccc1.[Pt]. The smallest absolute Gasteiger partial charge is 0.148 e. The number of pyridine rings is 1. The Kier molecular flexibility index (Phi) is 10.9. The Morgan fingerprint density at radius 1 is 0.600 bits per heavy atom. The fraction of sp³-hybridized carbons (Fsp3) is 0.127. The van der Waals surface area contributed by atoms with E-state index < -0.39 is 5.89 Å². The maximum absolute atomic E-state index is 11.3. The molecule has 2 heterocycles. The van der Waals surface area contributed by atoms with E-state index in [9.17, 15) is 6.48 Å². The van der Waals surface area contributed by atoms with Crippen LogP contribution in [0.5, 0.6) is 5.75 Å². The number of nitrogens with zero attached hydrogens (tertiary/aromatic N) is 3. The first-order chi connectivity index (χ1) is 28.9. The van der Waals surface area contributed by atoms with Crippen molar-refractivity contribution in [2.45, 2.75) is 45.9 Å². The van der Waals surface area contributed by atoms with Crippen LogP contribution in [0.2, 0.25) is 0 Å². The number of benzene rings is 7. The van der Waals surface area contributed by atoms with Gasteiger partial charge in [-0.2, -0.15) is 0 Å². The number of para-hydroxylation sites is 2. The molecule has 298 valence electrons. The molecule has 9 aromatic rings. The van der Waals surface area contributed by atoms with Crippen LogP contribution in [-0.4, -0.2) is 19.6 Å². The van der Waals surface area contributed by atoms with Crippen LogP contribution in [0, 0.1) is 6.07 Å². The minimum Gasteiger partial charge on any atom is -0.507 e. The van der Waals surface area contributed by atoms with Gasteiger partial charge in [-0.15, -0.1) is 29.3 Å². The number of aromatic hydroxyl groups is 1. The van der Waals surface area contributed by atoms with Gasteiger partial charge in [0.05, 0.1) is 16.6 Å². The second-order valence-electron chi connectivity index (χ2n) is 16.4. The Bertz CT molecular complexity index is 3000. The molecule has 0 saturated heterocycles. The molecule has 0 spiro atoms. The molecule has 9 rings (SSSR count). The predicted molar refractivity (Wildman–Crippen MR) is 245 cm³/mol. The van der Waals surface area contributed by atoms with Crippen molar-refractivity contribution in [2.75, 3.05) is 0 Å². The number of fused-ring (bicyclic) bond motifs is 1. The Morgan fingerprint density at radius 2 is 1.22 bits per heavy atom. The van der Waals surface area contributed by atoms with Gasteiger partial charge in [-0.05, 0) is 86.7 Å². The summed E-state index contributed by atoms with van der Waals surface area (Å²) in [6, 6.07) is 61.6. The van der Waals surface area contributed by atoms with Crippen molar-refractivity contribution in [3.63, 3.8) is 0 Å². The van der Waals surface area contributed by atoms with E-state index in [1.54, 1.807) is 6.07 Å². The first kappa shape index (κ1) is 39.1. The summed E-state index contributed by atoms with van der Waals surface area (Å²) in [6.45, 7) is 10.5. The van der Waals surface area contributed by atoms with Crippen LogP contribution in [0.4, 0.5) is 0 Å². The van der Waals surface area contributed by atoms with E-state index in [0.29, 0.717) is 11.4 Å². The molecule has 0 saturated carbocycles. The van der Waals surface area contributed by atoms with Crippen molar-refractivity contribution in [3.05, 3.63) is 193 Å². The van der Waals surface area contributed by atoms with E-state index in [-0.39, 0.29) is 32.2 Å². The minimum absolute atomic E-state index is 0. The Hall–Kier alpha value is -6.35. The average molecular weight is 961 g/mol. The predicted octanol–water partition coefficient (Wildman–Crippen LogP) is 14.3. The second kappa shape index (κ2) is 16.7. The van der Waals surface area contributed by atoms with Crippen LogP contribution < -0.4 is 0 Å². The van der Waals surface area contributed by atoms with Crippen LogP contribution in [-0.2, 0) is 26.5 Å². The number of rotatable bonds is 8. The van der Waals surface area contributed by atoms with E-state index in [0.717, 1.165) is 72.5 Å². The molecule has 0 amide bonds. The maximum Gasteiger partial charge on any atom is 0.148 e. The van der Waals surface area contributed by atoms with Crippen LogP contribution in [0.3, 0.4) is 0 Å². The standard InChI is InChI=1S/C55H46N3O.Pt/c1-36(2)49-35-45(27-28-46(49)40-17-10-7-11-18-40)58-51-21-14-20-47(53(51)57-54(58)48-19-12-13-22-52(48)59)42-31-43(33-44(32-42)55(3,4)5)50-34-41(29-30-56-50)39-25-23-38(24-26-39)37-15-8-6-9-16-37;/h6-30,32-36,59H,1-5H3;/q-1;/i36D;. The molecule has 0 unspecified atom stereocenters. The van der Waals surface area contributed by atoms with Gasteiger partial charge in [-0.1, -0.05) is 167 Å². The molecule has 0 aliphatic carbocycles. The molecular weight excluding hydrogens is 914 g/mol. The number of phenolic OH excluding ortho intramolecular Hbond substituents is 1. The number of phenols is 1. The molecular formula is C55H46N3OPt-. The van der Waals surface area contributed by atoms with E-state index in [1.807, 2.05) is 62.5 Å². The van der Waals surface area contributed by atoms with Crippen LogP contribution in [0.15, 0.2) is 176 Å². The molecule has 0 bridgehead atoms. The summed E-state index contributed by atoms with van der Waals surface area (Å²) in [4.78, 5) is 10.3. The maximum atomic E-state index is 11.3. The summed E-state index contributed by atoms with van der Waals surface area (Å²) < 4.78 is 11.3. The molecule has 4 nitrogen and oxygen atoms in total. The fourth-order valence-corrected chi connectivity index (χ4v) is 7.90. The van der Waals surface area contributed by atoms with Crippen molar-refractivity contribution in [1.82, 2.24) is 14.5 Å². The quantitative estimate of drug-likeness (QED) is 0.154. The van der Waals surface area contributed by atoms with Gasteiger partial charge >= 0.3 is 0 Å². The zero-order chi connectivity index (χ0) is 41.6. The van der Waals surface area contributed by atoms with Gasteiger partial charge in [0.2, 0.25) is 0 Å². The van der Waals surface area contributed by atoms with Crippen molar-refractivity contribution in [3.8, 4) is 78.6 Å². The molecule has 1 N–H and O–H groups in total. The molecule has 0 radical (unpaired) electrons. The first-order valence-corrected chi connectivity index (χ1v) is 20.1. The summed E-state index contributed by atoms with van der Waals surface area (Å²) in [5, 5.41) is 11.3. The second-order valence-corrected chi connectivity index (χ2v) is 16.4. The number of hydrogen-bond acceptors (Lipinski definition) is 3. The number of hydrogen-bond donors (Lipinski definition) is 1. The largest absolute Gasteiger partial charge is 0.507 e. The summed E-state index contributed by atoms with van der Waals surface area (Å²) in [7, 11) is 0. The summed E-state index contributed by atoms with van der Waals surface area (Å²) in [5.41, 5.74) is 15.2. The monoisotopic (exact) mass is 960 g/mol. The van der Waals surface area contributed by atoms with Crippen LogP contribution >= 0.6 is 0 Å². The topological polar surface area (TPSA) is 50.9 Å². The fourth-order valence-electron chi connectivity index (χ4n) is 7.90. The van der Waals surface area contributed by atoms with Gasteiger partial charge < -0.3 is 5.11 Å². The third-order valence-corrected chi connectivity index (χ3v) is 11.1. The molecule has 7 aromatic carbocycles. The van der Waals surface area contributed by atoms with Gasteiger partial charge in [0, 0.05) is 40.0 Å². The van der Waals surface area contributed by atoms with Crippen molar-refractivity contribution in [2.24, 2.45) is 0 Å². The zero-order valence-electron chi connectivity index (χ0n) is 35.3. The van der Waals surface area contributed by atoms with Crippen LogP contribution in [0.25, 0.3) is 83.9 Å². The number of imidazole rings is 1.